The zero-order chi connectivity index (χ0) is 36.1. The van der Waals surface area contributed by atoms with E-state index in [4.69, 9.17) is 0 Å². The third-order valence-corrected chi connectivity index (χ3v) is 11.9. The molecule has 3 nitrogen and oxygen atoms in total. The molecular weight excluding hydrogens is 645 g/mol. The van der Waals surface area contributed by atoms with Crippen LogP contribution in [-0.2, 0) is 23.9 Å². The molecule has 2 aromatic heterocycles. The van der Waals surface area contributed by atoms with Gasteiger partial charge in [-0.1, -0.05) is 111 Å². The van der Waals surface area contributed by atoms with Crippen LogP contribution in [0.25, 0.3) is 66.1 Å². The largest absolute Gasteiger partial charge is 0.386 e. The molecule has 0 saturated carbocycles. The van der Waals surface area contributed by atoms with E-state index in [-0.39, 0.29) is 5.41 Å². The fourth-order valence-electron chi connectivity index (χ4n) is 9.71. The Kier molecular flexibility index (Phi) is 6.93. The van der Waals surface area contributed by atoms with Crippen molar-refractivity contribution in [3.05, 3.63) is 179 Å². The molecule has 8 aromatic rings. The van der Waals surface area contributed by atoms with Gasteiger partial charge < -0.3 is 5.11 Å². The highest BCUT2D eigenvalue weighted by Gasteiger charge is 2.41. The smallest absolute Gasteiger partial charge is 0.0846 e. The molecule has 0 aliphatic heterocycles. The van der Waals surface area contributed by atoms with E-state index in [9.17, 15) is 5.11 Å². The van der Waals surface area contributed by atoms with Crippen molar-refractivity contribution in [3.63, 3.8) is 0 Å². The van der Waals surface area contributed by atoms with Gasteiger partial charge >= 0.3 is 0 Å². The van der Waals surface area contributed by atoms with E-state index in [2.05, 4.69) is 121 Å². The second kappa shape index (κ2) is 11.6. The van der Waals surface area contributed by atoms with Crippen molar-refractivity contribution >= 4 is 21.5 Å². The zero-order valence-electron chi connectivity index (χ0n) is 30.5. The predicted octanol–water partition coefficient (Wildman–Crippen LogP) is 11.8. The molecule has 3 aliphatic rings. The van der Waals surface area contributed by atoms with Gasteiger partial charge in [0.05, 0.1) is 5.60 Å². The average Bonchev–Trinajstić information content (AvgIpc) is 3.83. The first-order valence-electron chi connectivity index (χ1n) is 18.6. The summed E-state index contributed by atoms with van der Waals surface area (Å²) in [5.74, 6) is 0. The zero-order valence-corrected chi connectivity index (χ0v) is 30.5. The summed E-state index contributed by atoms with van der Waals surface area (Å²) in [5, 5.41) is 16.0. The minimum Gasteiger partial charge on any atom is -0.386 e. The molecule has 0 fully saturated rings. The second-order valence-electron chi connectivity index (χ2n) is 15.8. The van der Waals surface area contributed by atoms with E-state index in [1.165, 1.54) is 93.9 Å². The Balaban J connectivity index is 0.000000132. The van der Waals surface area contributed by atoms with E-state index in [1.807, 2.05) is 56.8 Å². The van der Waals surface area contributed by atoms with Gasteiger partial charge in [-0.2, -0.15) is 0 Å². The van der Waals surface area contributed by atoms with Crippen LogP contribution >= 0.6 is 0 Å². The van der Waals surface area contributed by atoms with Gasteiger partial charge in [0.25, 0.3) is 0 Å². The Morgan fingerprint density at radius 3 is 1.77 bits per heavy atom. The molecule has 1 N–H and O–H groups in total. The van der Waals surface area contributed by atoms with Crippen LogP contribution in [0.3, 0.4) is 0 Å². The first kappa shape index (κ1) is 31.8. The van der Waals surface area contributed by atoms with E-state index in [1.54, 1.807) is 0 Å². The predicted molar refractivity (Wildman–Crippen MR) is 218 cm³/mol. The summed E-state index contributed by atoms with van der Waals surface area (Å²) < 4.78 is 0. The average molecular weight is 685 g/mol. The SMILES string of the molecule is CC(C)(O)c1ccccc1-c1cc2c(c3ccccc13)-c1ccncc1C2.CC1(C)c2ccccc2-c2c1c1c(c3ccccc23)-c2ccncc2C1. The van der Waals surface area contributed by atoms with E-state index >= 15 is 0 Å². The van der Waals surface area contributed by atoms with Crippen LogP contribution in [0.2, 0.25) is 0 Å². The molecule has 0 unspecified atom stereocenters. The van der Waals surface area contributed by atoms with Gasteiger partial charge in [-0.25, -0.2) is 0 Å². The number of hydrogen-bond acceptors (Lipinski definition) is 3. The van der Waals surface area contributed by atoms with Gasteiger partial charge in [-0.05, 0) is 137 Å². The van der Waals surface area contributed by atoms with Crippen molar-refractivity contribution in [2.75, 3.05) is 0 Å². The fraction of sp³-hybridized carbons (Fsp3) is 0.160. The maximum atomic E-state index is 10.7. The van der Waals surface area contributed by atoms with Gasteiger partial charge in [0, 0.05) is 43.0 Å². The summed E-state index contributed by atoms with van der Waals surface area (Å²) >= 11 is 0. The molecule has 53 heavy (non-hydrogen) atoms. The van der Waals surface area contributed by atoms with Gasteiger partial charge in [-0.3, -0.25) is 9.97 Å². The van der Waals surface area contributed by atoms with Crippen LogP contribution in [0, 0.1) is 0 Å². The highest BCUT2D eigenvalue weighted by Crippen LogP contribution is 2.57. The van der Waals surface area contributed by atoms with E-state index in [0.29, 0.717) is 0 Å². The van der Waals surface area contributed by atoms with Crippen LogP contribution in [0.4, 0.5) is 0 Å². The number of benzene rings is 6. The third kappa shape index (κ3) is 4.70. The van der Waals surface area contributed by atoms with E-state index < -0.39 is 5.60 Å². The molecule has 0 spiro atoms. The number of aromatic nitrogens is 2. The summed E-state index contributed by atoms with van der Waals surface area (Å²) in [6.45, 7) is 8.47. The van der Waals surface area contributed by atoms with Crippen molar-refractivity contribution in [2.24, 2.45) is 0 Å². The molecule has 0 atom stereocenters. The maximum absolute atomic E-state index is 10.7. The maximum Gasteiger partial charge on any atom is 0.0846 e. The molecule has 0 bridgehead atoms. The summed E-state index contributed by atoms with van der Waals surface area (Å²) in [6.07, 6.45) is 9.72. The normalized spacial score (nSPS) is 14.1. The number of pyridine rings is 2. The summed E-state index contributed by atoms with van der Waals surface area (Å²) in [5.41, 5.74) is 19.0. The van der Waals surface area contributed by atoms with Crippen LogP contribution in [0.1, 0.15) is 66.6 Å². The summed E-state index contributed by atoms with van der Waals surface area (Å²) in [7, 11) is 0. The quantitative estimate of drug-likeness (QED) is 0.197. The number of hydrogen-bond donors (Lipinski definition) is 1. The summed E-state index contributed by atoms with van der Waals surface area (Å²) in [4.78, 5) is 8.70. The molecule has 3 aliphatic carbocycles. The Bertz CT molecular complexity index is 2800. The topological polar surface area (TPSA) is 46.0 Å². The fourth-order valence-corrected chi connectivity index (χ4v) is 9.71. The van der Waals surface area contributed by atoms with Crippen molar-refractivity contribution in [1.82, 2.24) is 9.97 Å². The first-order valence-corrected chi connectivity index (χ1v) is 18.6. The van der Waals surface area contributed by atoms with Crippen LogP contribution in [-0.4, -0.2) is 15.1 Å². The lowest BCUT2D eigenvalue weighted by atomic mass is 9.78. The highest BCUT2D eigenvalue weighted by molar-refractivity contribution is 6.12. The lowest BCUT2D eigenvalue weighted by molar-refractivity contribution is 0.0792. The minimum absolute atomic E-state index is 0.0233. The van der Waals surface area contributed by atoms with Gasteiger partial charge in [-0.15, -0.1) is 0 Å². The minimum atomic E-state index is -0.899. The summed E-state index contributed by atoms with van der Waals surface area (Å²) in [6, 6.07) is 41.3. The monoisotopic (exact) mass is 684 g/mol. The number of aliphatic hydroxyl groups is 1. The van der Waals surface area contributed by atoms with Crippen LogP contribution in [0.5, 0.6) is 0 Å². The van der Waals surface area contributed by atoms with Gasteiger partial charge in [0.1, 0.15) is 0 Å². The number of nitrogens with zero attached hydrogens (tertiary/aromatic N) is 2. The lowest BCUT2D eigenvalue weighted by Gasteiger charge is -2.25. The number of rotatable bonds is 2. The van der Waals surface area contributed by atoms with Crippen LogP contribution < -0.4 is 0 Å². The first-order chi connectivity index (χ1) is 25.7. The molecule has 256 valence electrons. The Hall–Kier alpha value is -5.90. The standard InChI is InChI=1S/C25H21NO.C25H19N/c1-25(2,27)23-10-6-5-8-20(23)22-14-16-13-17-15-26-12-11-18(17)24(16)21-9-4-3-7-19(21)22;1-25(2)21-10-6-5-9-19(21)23-18-8-4-3-7-17(18)22-16-11-12-26-14-15(16)13-20(22)24(23)25/h3-12,14-15,27H,13H2,1-2H3;3-12,14H,13H2,1-2H3. The second-order valence-corrected chi connectivity index (χ2v) is 15.8. The molecule has 0 saturated heterocycles. The van der Waals surface area contributed by atoms with Gasteiger partial charge in [0.15, 0.2) is 0 Å². The third-order valence-electron chi connectivity index (χ3n) is 11.9. The molecule has 0 radical (unpaired) electrons. The van der Waals surface area contributed by atoms with Crippen molar-refractivity contribution < 1.29 is 5.11 Å². The van der Waals surface area contributed by atoms with Crippen molar-refractivity contribution in [3.8, 4) is 44.5 Å². The molecule has 3 heteroatoms. The molecule has 6 aromatic carbocycles. The van der Waals surface area contributed by atoms with Crippen LogP contribution in [0.15, 0.2) is 140 Å². The molecule has 11 rings (SSSR count). The highest BCUT2D eigenvalue weighted by atomic mass is 16.3. The molecule has 2 heterocycles. The van der Waals surface area contributed by atoms with Crippen molar-refractivity contribution in [1.29, 1.82) is 0 Å². The Labute approximate surface area is 310 Å². The van der Waals surface area contributed by atoms with Gasteiger partial charge in [0.2, 0.25) is 0 Å². The number of fused-ring (bicyclic) bond motifs is 15. The lowest BCUT2D eigenvalue weighted by Crippen LogP contribution is -2.17. The Morgan fingerprint density at radius 2 is 1.08 bits per heavy atom. The molecule has 0 amide bonds. The van der Waals surface area contributed by atoms with E-state index in [0.717, 1.165) is 24.0 Å². The molecular formula is C50H40N2O. The Morgan fingerprint density at radius 1 is 0.528 bits per heavy atom. The van der Waals surface area contributed by atoms with Crippen molar-refractivity contribution in [2.45, 2.75) is 51.6 Å².